The molecule has 7 nitrogen and oxygen atoms in total. The lowest BCUT2D eigenvalue weighted by atomic mass is 9.75. The smallest absolute Gasteiger partial charge is 0.227 e. The van der Waals surface area contributed by atoms with E-state index in [4.69, 9.17) is 4.74 Å². The van der Waals surface area contributed by atoms with Gasteiger partial charge in [-0.2, -0.15) is 0 Å². The molecule has 2 atom stereocenters. The Morgan fingerprint density at radius 3 is 2.55 bits per heavy atom. The molecule has 3 aliphatic rings. The fraction of sp³-hybridized carbons (Fsp3) is 0.500. The average Bonchev–Trinajstić information content (AvgIpc) is 3.34. The van der Waals surface area contributed by atoms with Crippen LogP contribution < -0.4 is 4.74 Å². The minimum absolute atomic E-state index is 0.0632. The Morgan fingerprint density at radius 2 is 1.88 bits per heavy atom. The van der Waals surface area contributed by atoms with Gasteiger partial charge < -0.3 is 14.5 Å². The lowest BCUT2D eigenvalue weighted by Gasteiger charge is -2.46. The zero-order chi connectivity index (χ0) is 23.0. The number of hydrogen-bond acceptors (Lipinski definition) is 5. The van der Waals surface area contributed by atoms with Crippen molar-refractivity contribution in [1.29, 1.82) is 0 Å². The molecule has 3 saturated heterocycles. The van der Waals surface area contributed by atoms with Crippen LogP contribution in [-0.2, 0) is 22.6 Å². The molecule has 7 heteroatoms. The van der Waals surface area contributed by atoms with Crippen LogP contribution in [0.2, 0.25) is 0 Å². The zero-order valence-electron chi connectivity index (χ0n) is 19.4. The van der Waals surface area contributed by atoms with E-state index in [0.29, 0.717) is 25.4 Å². The molecule has 3 aliphatic heterocycles. The lowest BCUT2D eigenvalue weighted by Crippen LogP contribution is -2.56. The maximum absolute atomic E-state index is 13.2. The Hall–Kier alpha value is -2.93. The number of nitrogens with zero attached hydrogens (tertiary/aromatic N) is 4. The van der Waals surface area contributed by atoms with Gasteiger partial charge in [0.2, 0.25) is 11.8 Å². The maximum atomic E-state index is 13.2. The highest BCUT2D eigenvalue weighted by Gasteiger charge is 2.60. The van der Waals surface area contributed by atoms with E-state index in [1.54, 1.807) is 13.3 Å². The van der Waals surface area contributed by atoms with Gasteiger partial charge in [0, 0.05) is 58.1 Å². The monoisotopic (exact) mass is 448 g/mol. The Bertz CT molecular complexity index is 1000. The summed E-state index contributed by atoms with van der Waals surface area (Å²) in [6, 6.07) is 11.7. The van der Waals surface area contributed by atoms with Crippen molar-refractivity contribution in [1.82, 2.24) is 19.7 Å². The first-order chi connectivity index (χ1) is 16.0. The number of pyridine rings is 1. The van der Waals surface area contributed by atoms with Gasteiger partial charge in [-0.25, -0.2) is 0 Å². The summed E-state index contributed by atoms with van der Waals surface area (Å²) in [7, 11) is 3.61. The predicted molar refractivity (Wildman–Crippen MR) is 125 cm³/mol. The number of carbonyl (C=O) groups is 2. The molecule has 1 spiro atoms. The third kappa shape index (κ3) is 3.99. The number of aromatic nitrogens is 1. The van der Waals surface area contributed by atoms with E-state index in [2.05, 4.69) is 16.0 Å². The van der Waals surface area contributed by atoms with E-state index in [0.717, 1.165) is 43.8 Å². The molecular formula is C26H32N4O3. The summed E-state index contributed by atoms with van der Waals surface area (Å²) >= 11 is 0. The van der Waals surface area contributed by atoms with Crippen LogP contribution in [0, 0.1) is 11.8 Å². The second kappa shape index (κ2) is 8.78. The number of amides is 2. The van der Waals surface area contributed by atoms with Crippen LogP contribution in [0.4, 0.5) is 0 Å². The van der Waals surface area contributed by atoms with Crippen molar-refractivity contribution in [2.24, 2.45) is 11.8 Å². The summed E-state index contributed by atoms with van der Waals surface area (Å²) < 4.78 is 5.20. The third-order valence-corrected chi connectivity index (χ3v) is 8.03. The molecule has 3 fully saturated rings. The molecule has 0 unspecified atom stereocenters. The van der Waals surface area contributed by atoms with E-state index >= 15 is 0 Å². The summed E-state index contributed by atoms with van der Waals surface area (Å²) in [5, 5.41) is 0. The molecule has 33 heavy (non-hydrogen) atoms. The van der Waals surface area contributed by atoms with Crippen molar-refractivity contribution < 1.29 is 14.3 Å². The SMILES string of the molecule is COc1ccc(CC(=O)N2CCC3(CC2)[C@H]2CN(Cc4cccnc4)C[C@H]2C(=O)N3C)cc1. The quantitative estimate of drug-likeness (QED) is 0.702. The highest BCUT2D eigenvalue weighted by molar-refractivity contribution is 5.84. The molecule has 5 rings (SSSR count). The molecule has 1 aromatic carbocycles. The number of benzene rings is 1. The van der Waals surface area contributed by atoms with E-state index in [1.807, 2.05) is 53.4 Å². The first kappa shape index (κ1) is 21.9. The van der Waals surface area contributed by atoms with E-state index in [-0.39, 0.29) is 23.3 Å². The molecule has 2 amide bonds. The molecule has 0 saturated carbocycles. The molecule has 174 valence electrons. The van der Waals surface area contributed by atoms with Gasteiger partial charge in [-0.3, -0.25) is 19.5 Å². The van der Waals surface area contributed by atoms with Gasteiger partial charge in [-0.05, 0) is 42.2 Å². The molecule has 0 bridgehead atoms. The Kier molecular flexibility index (Phi) is 5.83. The van der Waals surface area contributed by atoms with Gasteiger partial charge in [0.25, 0.3) is 0 Å². The van der Waals surface area contributed by atoms with Crippen LogP contribution in [0.1, 0.15) is 24.0 Å². The van der Waals surface area contributed by atoms with E-state index in [9.17, 15) is 9.59 Å². The van der Waals surface area contributed by atoms with Gasteiger partial charge in [0.05, 0.1) is 25.0 Å². The minimum atomic E-state index is -0.137. The van der Waals surface area contributed by atoms with Crippen LogP contribution in [0.3, 0.4) is 0 Å². The highest BCUT2D eigenvalue weighted by Crippen LogP contribution is 2.49. The first-order valence-corrected chi connectivity index (χ1v) is 11.8. The van der Waals surface area contributed by atoms with Crippen LogP contribution >= 0.6 is 0 Å². The topological polar surface area (TPSA) is 66.0 Å². The number of rotatable bonds is 5. The second-order valence-corrected chi connectivity index (χ2v) is 9.67. The number of methoxy groups -OCH3 is 1. The van der Waals surface area contributed by atoms with E-state index < -0.39 is 0 Å². The van der Waals surface area contributed by atoms with Gasteiger partial charge in [-0.1, -0.05) is 18.2 Å². The van der Waals surface area contributed by atoms with Crippen LogP contribution in [0.15, 0.2) is 48.8 Å². The fourth-order valence-corrected chi connectivity index (χ4v) is 6.16. The number of carbonyl (C=O) groups excluding carboxylic acids is 2. The van der Waals surface area contributed by atoms with Gasteiger partial charge in [0.15, 0.2) is 0 Å². The summed E-state index contributed by atoms with van der Waals surface area (Å²) in [5.74, 6) is 1.61. The standard InChI is InChI=1S/C26H32N4O3/c1-28-25(32)22-17-29(16-20-4-3-11-27-15-20)18-23(22)26(28)9-12-30(13-10-26)24(31)14-19-5-7-21(33-2)8-6-19/h3-8,11,15,22-23H,9-10,12-14,16-18H2,1-2H3/t22-,23+/m1/s1. The molecule has 0 aliphatic carbocycles. The number of likely N-dealkylation sites (tertiary alicyclic amines) is 3. The highest BCUT2D eigenvalue weighted by atomic mass is 16.5. The van der Waals surface area contributed by atoms with Crippen LogP contribution in [-0.4, -0.2) is 77.4 Å². The summed E-state index contributed by atoms with van der Waals surface area (Å²) in [5.41, 5.74) is 2.05. The molecule has 2 aromatic rings. The van der Waals surface area contributed by atoms with Crippen LogP contribution in [0.25, 0.3) is 0 Å². The average molecular weight is 449 g/mol. The molecular weight excluding hydrogens is 416 g/mol. The normalized spacial score (nSPS) is 24.4. The Balaban J connectivity index is 1.23. The van der Waals surface area contributed by atoms with Crippen molar-refractivity contribution in [2.45, 2.75) is 31.3 Å². The van der Waals surface area contributed by atoms with Crippen molar-refractivity contribution in [3.63, 3.8) is 0 Å². The Morgan fingerprint density at radius 1 is 1.12 bits per heavy atom. The van der Waals surface area contributed by atoms with Crippen molar-refractivity contribution >= 4 is 11.8 Å². The molecule has 0 radical (unpaired) electrons. The van der Waals surface area contributed by atoms with Gasteiger partial charge in [0.1, 0.15) is 5.75 Å². The summed E-state index contributed by atoms with van der Waals surface area (Å²) in [4.78, 5) is 36.7. The molecule has 4 heterocycles. The number of fused-ring (bicyclic) bond motifs is 2. The van der Waals surface area contributed by atoms with Crippen LogP contribution in [0.5, 0.6) is 5.75 Å². The van der Waals surface area contributed by atoms with Crippen molar-refractivity contribution in [3.8, 4) is 5.75 Å². The lowest BCUT2D eigenvalue weighted by molar-refractivity contribution is -0.136. The van der Waals surface area contributed by atoms with Gasteiger partial charge >= 0.3 is 0 Å². The first-order valence-electron chi connectivity index (χ1n) is 11.8. The largest absolute Gasteiger partial charge is 0.497 e. The molecule has 1 aromatic heterocycles. The molecule has 0 N–H and O–H groups in total. The number of hydrogen-bond donors (Lipinski definition) is 0. The minimum Gasteiger partial charge on any atom is -0.497 e. The van der Waals surface area contributed by atoms with Gasteiger partial charge in [-0.15, -0.1) is 0 Å². The number of ether oxygens (including phenoxy) is 1. The van der Waals surface area contributed by atoms with Crippen molar-refractivity contribution in [3.05, 3.63) is 59.9 Å². The fourth-order valence-electron chi connectivity index (χ4n) is 6.16. The second-order valence-electron chi connectivity index (χ2n) is 9.67. The zero-order valence-corrected chi connectivity index (χ0v) is 19.4. The number of piperidine rings is 1. The predicted octanol–water partition coefficient (Wildman–Crippen LogP) is 2.21. The summed E-state index contributed by atoms with van der Waals surface area (Å²) in [6.45, 7) is 3.98. The third-order valence-electron chi connectivity index (χ3n) is 8.03. The maximum Gasteiger partial charge on any atom is 0.227 e. The Labute approximate surface area is 195 Å². The van der Waals surface area contributed by atoms with Crippen molar-refractivity contribution in [2.75, 3.05) is 40.3 Å². The summed E-state index contributed by atoms with van der Waals surface area (Å²) in [6.07, 6.45) is 5.80. The van der Waals surface area contributed by atoms with E-state index in [1.165, 1.54) is 5.56 Å².